The molecule has 2 atom stereocenters. The number of carboxylic acids is 1. The quantitative estimate of drug-likeness (QED) is 0.889. The van der Waals surface area contributed by atoms with Crippen LogP contribution in [0.2, 0.25) is 0 Å². The molecular formula is C17H24N2O4. The number of likely N-dealkylation sites (tertiary alicyclic amines) is 1. The summed E-state index contributed by atoms with van der Waals surface area (Å²) in [4.78, 5) is 24.9. The lowest BCUT2D eigenvalue weighted by Gasteiger charge is -2.26. The molecule has 0 aliphatic carbocycles. The number of benzene rings is 1. The van der Waals surface area contributed by atoms with E-state index in [-0.39, 0.29) is 6.04 Å². The molecule has 1 aromatic rings. The van der Waals surface area contributed by atoms with Gasteiger partial charge in [0.25, 0.3) is 0 Å². The number of carbonyl (C=O) groups is 2. The van der Waals surface area contributed by atoms with E-state index in [9.17, 15) is 14.7 Å². The van der Waals surface area contributed by atoms with Crippen molar-refractivity contribution in [3.63, 3.8) is 0 Å². The highest BCUT2D eigenvalue weighted by molar-refractivity contribution is 5.81. The molecule has 1 aromatic carbocycles. The van der Waals surface area contributed by atoms with Crippen molar-refractivity contribution in [3.8, 4) is 0 Å². The molecule has 0 unspecified atom stereocenters. The van der Waals surface area contributed by atoms with Gasteiger partial charge in [-0.1, -0.05) is 30.3 Å². The fraction of sp³-hybridized carbons (Fsp3) is 0.529. The molecule has 0 spiro atoms. The Kier molecular flexibility index (Phi) is 5.26. The van der Waals surface area contributed by atoms with Crippen molar-refractivity contribution >= 4 is 12.1 Å². The van der Waals surface area contributed by atoms with Gasteiger partial charge in [-0.05, 0) is 32.8 Å². The van der Waals surface area contributed by atoms with Crippen molar-refractivity contribution in [2.45, 2.75) is 51.4 Å². The summed E-state index contributed by atoms with van der Waals surface area (Å²) in [7, 11) is 0. The Morgan fingerprint density at radius 3 is 2.52 bits per heavy atom. The smallest absolute Gasteiger partial charge is 0.411 e. The molecule has 6 heteroatoms. The second kappa shape index (κ2) is 7.00. The van der Waals surface area contributed by atoms with E-state index in [1.165, 1.54) is 4.90 Å². The van der Waals surface area contributed by atoms with E-state index >= 15 is 0 Å². The summed E-state index contributed by atoms with van der Waals surface area (Å²) in [5, 5.41) is 12.7. The summed E-state index contributed by atoms with van der Waals surface area (Å²) in [6.45, 7) is 6.27. The normalized spacial score (nSPS) is 21.3. The monoisotopic (exact) mass is 320 g/mol. The van der Waals surface area contributed by atoms with E-state index in [1.54, 1.807) is 20.8 Å². The van der Waals surface area contributed by atoms with Crippen molar-refractivity contribution in [3.05, 3.63) is 35.9 Å². The minimum absolute atomic E-state index is 0.0659. The fourth-order valence-electron chi connectivity index (χ4n) is 2.60. The van der Waals surface area contributed by atoms with Crippen molar-refractivity contribution in [1.29, 1.82) is 0 Å². The molecule has 1 saturated heterocycles. The molecule has 126 valence electrons. The van der Waals surface area contributed by atoms with Crippen LogP contribution in [0.4, 0.5) is 4.79 Å². The number of amides is 1. The number of rotatable bonds is 4. The predicted molar refractivity (Wildman–Crippen MR) is 86.1 cm³/mol. The first-order chi connectivity index (χ1) is 10.8. The van der Waals surface area contributed by atoms with Crippen LogP contribution in [0.3, 0.4) is 0 Å². The third-order valence-corrected chi connectivity index (χ3v) is 3.65. The van der Waals surface area contributed by atoms with Crippen LogP contribution in [0, 0.1) is 0 Å². The average Bonchev–Trinajstić information content (AvgIpc) is 2.89. The van der Waals surface area contributed by atoms with Gasteiger partial charge < -0.3 is 15.2 Å². The zero-order valence-electron chi connectivity index (χ0n) is 13.8. The number of ether oxygens (including phenoxy) is 1. The summed E-state index contributed by atoms with van der Waals surface area (Å²) in [5.41, 5.74) is 0.477. The van der Waals surface area contributed by atoms with Crippen LogP contribution < -0.4 is 5.32 Å². The first-order valence-electron chi connectivity index (χ1n) is 7.76. The van der Waals surface area contributed by atoms with E-state index in [1.807, 2.05) is 30.3 Å². The van der Waals surface area contributed by atoms with Gasteiger partial charge in [0.05, 0.1) is 0 Å². The molecule has 0 saturated carbocycles. The summed E-state index contributed by atoms with van der Waals surface area (Å²) in [6.07, 6.45) is -0.199. The highest BCUT2D eigenvalue weighted by Crippen LogP contribution is 2.22. The van der Waals surface area contributed by atoms with Crippen molar-refractivity contribution < 1.29 is 19.4 Å². The minimum Gasteiger partial charge on any atom is -0.480 e. The Bertz CT molecular complexity index is 553. The van der Waals surface area contributed by atoms with Crippen LogP contribution >= 0.6 is 0 Å². The van der Waals surface area contributed by atoms with Gasteiger partial charge >= 0.3 is 12.1 Å². The second-order valence-corrected chi connectivity index (χ2v) is 6.79. The van der Waals surface area contributed by atoms with Gasteiger partial charge in [-0.2, -0.15) is 0 Å². The number of carbonyl (C=O) groups excluding carboxylic acids is 1. The zero-order chi connectivity index (χ0) is 17.0. The van der Waals surface area contributed by atoms with Gasteiger partial charge in [0.2, 0.25) is 0 Å². The lowest BCUT2D eigenvalue weighted by Crippen LogP contribution is -2.43. The Morgan fingerprint density at radius 2 is 1.96 bits per heavy atom. The van der Waals surface area contributed by atoms with Gasteiger partial charge in [0.15, 0.2) is 0 Å². The van der Waals surface area contributed by atoms with Crippen molar-refractivity contribution in [1.82, 2.24) is 10.2 Å². The molecule has 0 aromatic heterocycles. The van der Waals surface area contributed by atoms with Crippen LogP contribution in [0.25, 0.3) is 0 Å². The van der Waals surface area contributed by atoms with Crippen molar-refractivity contribution in [2.24, 2.45) is 0 Å². The maximum absolute atomic E-state index is 12.2. The van der Waals surface area contributed by atoms with Gasteiger partial charge in [0, 0.05) is 19.1 Å². The van der Waals surface area contributed by atoms with E-state index < -0.39 is 23.7 Å². The number of aliphatic carboxylic acids is 1. The SMILES string of the molecule is CC(C)(C)OC(=O)N1C[C@H](NCc2ccccc2)C[C@H]1C(=O)O. The molecule has 1 fully saturated rings. The fourth-order valence-corrected chi connectivity index (χ4v) is 2.60. The molecule has 1 amide bonds. The average molecular weight is 320 g/mol. The zero-order valence-corrected chi connectivity index (χ0v) is 13.8. The Balaban J connectivity index is 1.97. The molecule has 0 bridgehead atoms. The molecule has 1 aliphatic rings. The Morgan fingerprint density at radius 1 is 1.30 bits per heavy atom. The molecule has 2 rings (SSSR count). The summed E-state index contributed by atoms with van der Waals surface area (Å²) >= 11 is 0. The summed E-state index contributed by atoms with van der Waals surface area (Å²) < 4.78 is 5.31. The van der Waals surface area contributed by atoms with E-state index in [0.29, 0.717) is 19.5 Å². The molecule has 1 aliphatic heterocycles. The maximum Gasteiger partial charge on any atom is 0.411 e. The lowest BCUT2D eigenvalue weighted by molar-refractivity contribution is -0.142. The van der Waals surface area contributed by atoms with Crippen LogP contribution in [-0.2, 0) is 16.1 Å². The molecule has 2 N–H and O–H groups in total. The predicted octanol–water partition coefficient (Wildman–Crippen LogP) is 2.24. The highest BCUT2D eigenvalue weighted by atomic mass is 16.6. The summed E-state index contributed by atoms with van der Waals surface area (Å²) in [6, 6.07) is 8.95. The van der Waals surface area contributed by atoms with Gasteiger partial charge in [0.1, 0.15) is 11.6 Å². The van der Waals surface area contributed by atoms with Crippen LogP contribution in [0.5, 0.6) is 0 Å². The molecule has 1 heterocycles. The number of carboxylic acid groups (broad SMARTS) is 1. The molecule has 6 nitrogen and oxygen atoms in total. The van der Waals surface area contributed by atoms with E-state index in [4.69, 9.17) is 4.74 Å². The number of hydrogen-bond acceptors (Lipinski definition) is 4. The number of nitrogens with zero attached hydrogens (tertiary/aromatic N) is 1. The number of hydrogen-bond donors (Lipinski definition) is 2. The standard InChI is InChI=1S/C17H24N2O4/c1-17(2,3)23-16(22)19-11-13(9-14(19)15(20)21)18-10-12-7-5-4-6-8-12/h4-8,13-14,18H,9-11H2,1-3H3,(H,20,21)/t13-,14+/m1/s1. The largest absolute Gasteiger partial charge is 0.480 e. The van der Waals surface area contributed by atoms with Crippen LogP contribution in [-0.4, -0.2) is 46.3 Å². The molecular weight excluding hydrogens is 296 g/mol. The van der Waals surface area contributed by atoms with E-state index in [0.717, 1.165) is 5.56 Å². The topological polar surface area (TPSA) is 78.9 Å². The second-order valence-electron chi connectivity index (χ2n) is 6.79. The van der Waals surface area contributed by atoms with Gasteiger partial charge in [-0.15, -0.1) is 0 Å². The van der Waals surface area contributed by atoms with E-state index in [2.05, 4.69) is 5.32 Å². The third kappa shape index (κ3) is 4.96. The van der Waals surface area contributed by atoms with Gasteiger partial charge in [-0.25, -0.2) is 9.59 Å². The first-order valence-corrected chi connectivity index (χ1v) is 7.76. The van der Waals surface area contributed by atoms with Crippen LogP contribution in [0.15, 0.2) is 30.3 Å². The third-order valence-electron chi connectivity index (χ3n) is 3.65. The summed E-state index contributed by atoms with van der Waals surface area (Å²) in [5.74, 6) is -1.00. The Labute approximate surface area is 136 Å². The highest BCUT2D eigenvalue weighted by Gasteiger charge is 2.41. The van der Waals surface area contributed by atoms with Crippen molar-refractivity contribution in [2.75, 3.05) is 6.54 Å². The Hall–Kier alpha value is -2.08. The van der Waals surface area contributed by atoms with Gasteiger partial charge in [-0.3, -0.25) is 4.90 Å². The minimum atomic E-state index is -1.00. The number of nitrogens with one attached hydrogen (secondary N) is 1. The first kappa shape index (κ1) is 17.3. The maximum atomic E-state index is 12.2. The molecule has 23 heavy (non-hydrogen) atoms. The molecule has 0 radical (unpaired) electrons. The lowest BCUT2D eigenvalue weighted by atomic mass is 10.1. The van der Waals surface area contributed by atoms with Crippen LogP contribution in [0.1, 0.15) is 32.8 Å².